The summed E-state index contributed by atoms with van der Waals surface area (Å²) >= 11 is 0. The predicted molar refractivity (Wildman–Crippen MR) is 99.7 cm³/mol. The van der Waals surface area contributed by atoms with Crippen molar-refractivity contribution in [2.24, 2.45) is 0 Å². The predicted octanol–water partition coefficient (Wildman–Crippen LogP) is 2.25. The molecule has 0 aromatic heterocycles. The quantitative estimate of drug-likeness (QED) is 0.919. The maximum absolute atomic E-state index is 12.2. The Morgan fingerprint density at radius 3 is 2.17 bits per heavy atom. The molecule has 0 spiro atoms. The Balaban J connectivity index is 1.49. The number of carbonyl (C=O) groups excluding carboxylic acids is 1. The molecule has 132 valence electrons. The van der Waals surface area contributed by atoms with Crippen LogP contribution >= 0.6 is 0 Å². The summed E-state index contributed by atoms with van der Waals surface area (Å²) in [6.45, 7) is 6.96. The van der Waals surface area contributed by atoms with Gasteiger partial charge in [0.2, 0.25) is 5.91 Å². The van der Waals surface area contributed by atoms with Gasteiger partial charge in [-0.3, -0.25) is 9.69 Å². The summed E-state index contributed by atoms with van der Waals surface area (Å²) < 4.78 is 0. The molecule has 2 aliphatic rings. The molecule has 24 heavy (non-hydrogen) atoms. The molecule has 2 heterocycles. The summed E-state index contributed by atoms with van der Waals surface area (Å²) in [5.74, 6) is 0.101. The molecule has 1 aromatic rings. The van der Waals surface area contributed by atoms with Crippen molar-refractivity contribution in [2.75, 3.05) is 63.1 Å². The van der Waals surface area contributed by atoms with Crippen molar-refractivity contribution in [2.45, 2.75) is 25.7 Å². The molecule has 2 aliphatic heterocycles. The van der Waals surface area contributed by atoms with Gasteiger partial charge in [-0.25, -0.2) is 0 Å². The highest BCUT2D eigenvalue weighted by Gasteiger charge is 2.15. The first-order valence-corrected chi connectivity index (χ1v) is 9.26. The summed E-state index contributed by atoms with van der Waals surface area (Å²) in [6.07, 6.45) is 5.03. The zero-order chi connectivity index (χ0) is 16.8. The maximum atomic E-state index is 12.2. The van der Waals surface area contributed by atoms with Crippen molar-refractivity contribution in [1.29, 1.82) is 0 Å². The normalized spacial score (nSPS) is 20.6. The first-order valence-electron chi connectivity index (χ1n) is 9.26. The monoisotopic (exact) mass is 330 g/mol. The summed E-state index contributed by atoms with van der Waals surface area (Å²) in [6, 6.07) is 8.28. The van der Waals surface area contributed by atoms with Crippen LogP contribution in [0.25, 0.3) is 0 Å². The molecule has 0 saturated carbocycles. The van der Waals surface area contributed by atoms with Crippen LogP contribution in [-0.2, 0) is 4.79 Å². The fourth-order valence-corrected chi connectivity index (χ4v) is 3.52. The molecule has 5 heteroatoms. The number of benzene rings is 1. The Bertz CT molecular complexity index is 515. The molecule has 0 radical (unpaired) electrons. The third-order valence-electron chi connectivity index (χ3n) is 5.09. The number of hydrogen-bond acceptors (Lipinski definition) is 4. The minimum atomic E-state index is 0.101. The van der Waals surface area contributed by atoms with Crippen LogP contribution < -0.4 is 10.2 Å². The van der Waals surface area contributed by atoms with Crippen LogP contribution in [0.3, 0.4) is 0 Å². The van der Waals surface area contributed by atoms with Gasteiger partial charge in [0, 0.05) is 37.6 Å². The van der Waals surface area contributed by atoms with Gasteiger partial charge in [0.1, 0.15) is 0 Å². The van der Waals surface area contributed by atoms with Crippen molar-refractivity contribution in [3.8, 4) is 0 Å². The van der Waals surface area contributed by atoms with Gasteiger partial charge in [0.05, 0.1) is 6.54 Å². The minimum Gasteiger partial charge on any atom is -0.369 e. The van der Waals surface area contributed by atoms with Crippen molar-refractivity contribution >= 4 is 17.3 Å². The van der Waals surface area contributed by atoms with Crippen molar-refractivity contribution in [3.63, 3.8) is 0 Å². The average Bonchev–Trinajstić information content (AvgIpc) is 2.85. The summed E-state index contributed by atoms with van der Waals surface area (Å²) in [5.41, 5.74) is 2.14. The zero-order valence-corrected chi connectivity index (χ0v) is 14.8. The van der Waals surface area contributed by atoms with Gasteiger partial charge in [-0.1, -0.05) is 12.8 Å². The Hall–Kier alpha value is -1.59. The molecule has 1 amide bonds. The Morgan fingerprint density at radius 1 is 0.917 bits per heavy atom. The average molecular weight is 330 g/mol. The van der Waals surface area contributed by atoms with E-state index in [0.29, 0.717) is 6.54 Å². The second-order valence-corrected chi connectivity index (χ2v) is 7.08. The van der Waals surface area contributed by atoms with Gasteiger partial charge in [-0.2, -0.15) is 0 Å². The number of rotatable bonds is 4. The number of hydrogen-bond donors (Lipinski definition) is 1. The molecule has 2 saturated heterocycles. The lowest BCUT2D eigenvalue weighted by Crippen LogP contribution is -2.44. The van der Waals surface area contributed by atoms with Crippen LogP contribution in [0.2, 0.25) is 0 Å². The Kier molecular flexibility index (Phi) is 6.10. The molecule has 2 fully saturated rings. The second-order valence-electron chi connectivity index (χ2n) is 7.08. The largest absolute Gasteiger partial charge is 0.369 e. The summed E-state index contributed by atoms with van der Waals surface area (Å²) in [4.78, 5) is 19.3. The molecule has 1 N–H and O–H groups in total. The molecular formula is C19H30N4O. The van der Waals surface area contributed by atoms with Gasteiger partial charge in [0.15, 0.2) is 0 Å². The van der Waals surface area contributed by atoms with Gasteiger partial charge in [-0.05, 0) is 57.2 Å². The zero-order valence-electron chi connectivity index (χ0n) is 14.8. The molecule has 1 aromatic carbocycles. The molecule has 0 bridgehead atoms. The Labute approximate surface area is 145 Å². The third-order valence-corrected chi connectivity index (χ3v) is 5.09. The van der Waals surface area contributed by atoms with Crippen molar-refractivity contribution in [1.82, 2.24) is 9.80 Å². The Morgan fingerprint density at radius 2 is 1.54 bits per heavy atom. The van der Waals surface area contributed by atoms with E-state index in [1.807, 2.05) is 12.1 Å². The van der Waals surface area contributed by atoms with Crippen LogP contribution in [0.15, 0.2) is 24.3 Å². The number of anilines is 2. The molecule has 0 unspecified atom stereocenters. The number of nitrogens with zero attached hydrogens (tertiary/aromatic N) is 3. The van der Waals surface area contributed by atoms with Crippen LogP contribution in [-0.4, -0.2) is 68.6 Å². The lowest BCUT2D eigenvalue weighted by Gasteiger charge is -2.34. The van der Waals surface area contributed by atoms with Gasteiger partial charge < -0.3 is 15.1 Å². The van der Waals surface area contributed by atoms with Crippen molar-refractivity contribution in [3.05, 3.63) is 24.3 Å². The van der Waals surface area contributed by atoms with Crippen molar-refractivity contribution < 1.29 is 4.79 Å². The smallest absolute Gasteiger partial charge is 0.238 e. The van der Waals surface area contributed by atoms with Crippen LogP contribution in [0, 0.1) is 0 Å². The number of likely N-dealkylation sites (N-methyl/N-ethyl adjacent to an activating group) is 1. The second kappa shape index (κ2) is 8.49. The van der Waals surface area contributed by atoms with Crippen LogP contribution in [0.1, 0.15) is 25.7 Å². The minimum absolute atomic E-state index is 0.101. The number of likely N-dealkylation sites (tertiary alicyclic amines) is 1. The van der Waals surface area contributed by atoms with E-state index >= 15 is 0 Å². The highest BCUT2D eigenvalue weighted by atomic mass is 16.2. The lowest BCUT2D eigenvalue weighted by molar-refractivity contribution is -0.117. The summed E-state index contributed by atoms with van der Waals surface area (Å²) in [7, 11) is 2.17. The molecule has 3 rings (SSSR count). The van der Waals surface area contributed by atoms with Gasteiger partial charge in [0.25, 0.3) is 0 Å². The molecule has 0 aliphatic carbocycles. The van der Waals surface area contributed by atoms with E-state index in [4.69, 9.17) is 0 Å². The van der Waals surface area contributed by atoms with Gasteiger partial charge >= 0.3 is 0 Å². The topological polar surface area (TPSA) is 38.8 Å². The van der Waals surface area contributed by atoms with E-state index < -0.39 is 0 Å². The number of carbonyl (C=O) groups is 1. The maximum Gasteiger partial charge on any atom is 0.238 e. The molecule has 0 atom stereocenters. The SMILES string of the molecule is CN1CCN(c2ccc(NC(=O)CN3CCCCCC3)cc2)CC1. The highest BCUT2D eigenvalue weighted by molar-refractivity contribution is 5.92. The van der Waals surface area contributed by atoms with E-state index in [2.05, 4.69) is 39.2 Å². The fraction of sp³-hybridized carbons (Fsp3) is 0.632. The van der Waals surface area contributed by atoms with E-state index in [1.165, 1.54) is 31.4 Å². The van der Waals surface area contributed by atoms with Crippen LogP contribution in [0.4, 0.5) is 11.4 Å². The molecule has 5 nitrogen and oxygen atoms in total. The fourth-order valence-electron chi connectivity index (χ4n) is 3.52. The number of amides is 1. The number of piperazine rings is 1. The van der Waals surface area contributed by atoms with Gasteiger partial charge in [-0.15, -0.1) is 0 Å². The lowest BCUT2D eigenvalue weighted by atomic mass is 10.2. The number of nitrogens with one attached hydrogen (secondary N) is 1. The van der Waals surface area contributed by atoms with E-state index in [-0.39, 0.29) is 5.91 Å². The first kappa shape index (κ1) is 17.2. The molecular weight excluding hydrogens is 300 g/mol. The van der Waals surface area contributed by atoms with E-state index in [1.54, 1.807) is 0 Å². The van der Waals surface area contributed by atoms with Crippen LogP contribution in [0.5, 0.6) is 0 Å². The third kappa shape index (κ3) is 4.95. The standard InChI is InChI=1S/C19H30N4O/c1-21-12-14-23(15-13-21)18-8-6-17(7-9-18)20-19(24)16-22-10-4-2-3-5-11-22/h6-9H,2-5,10-16H2,1H3,(H,20,24). The first-order chi connectivity index (χ1) is 11.7. The highest BCUT2D eigenvalue weighted by Crippen LogP contribution is 2.19. The summed E-state index contributed by atoms with van der Waals surface area (Å²) in [5, 5.41) is 3.04. The van der Waals surface area contributed by atoms with E-state index in [9.17, 15) is 4.79 Å². The van der Waals surface area contributed by atoms with E-state index in [0.717, 1.165) is 45.0 Å².